The van der Waals surface area contributed by atoms with Gasteiger partial charge in [-0.2, -0.15) is 5.26 Å². The van der Waals surface area contributed by atoms with Crippen LogP contribution in [0.2, 0.25) is 0 Å². The normalized spacial score (nSPS) is 40.9. The highest BCUT2D eigenvalue weighted by atomic mass is 16.5. The number of nitrogens with zero attached hydrogens (tertiary/aromatic N) is 3. The topological polar surface area (TPSA) is 102 Å². The maximum Gasteiger partial charge on any atom is 0.317 e. The van der Waals surface area contributed by atoms with E-state index >= 15 is 0 Å². The lowest BCUT2D eigenvalue weighted by Crippen LogP contribution is -2.67. The van der Waals surface area contributed by atoms with Crippen LogP contribution in [0.25, 0.3) is 0 Å². The first-order valence-corrected chi connectivity index (χ1v) is 18.1. The summed E-state index contributed by atoms with van der Waals surface area (Å²) in [5.74, 6) is 1.79. The van der Waals surface area contributed by atoms with E-state index < -0.39 is 10.8 Å². The zero-order valence-electron chi connectivity index (χ0n) is 29.6. The van der Waals surface area contributed by atoms with E-state index in [0.29, 0.717) is 41.6 Å². The summed E-state index contributed by atoms with van der Waals surface area (Å²) in [5, 5.41) is 9.26. The van der Waals surface area contributed by atoms with Gasteiger partial charge in [-0.15, -0.1) is 0 Å². The number of carbonyl (C=O) groups excluding carboxylic acids is 2. The number of rotatable bonds is 5. The van der Waals surface area contributed by atoms with E-state index in [9.17, 15) is 14.9 Å². The number of hydrogen-bond acceptors (Lipinski definition) is 7. The zero-order valence-corrected chi connectivity index (χ0v) is 29.6. The molecule has 0 unspecified atom stereocenters. The molecule has 10 atom stereocenters. The van der Waals surface area contributed by atoms with Crippen molar-refractivity contribution < 1.29 is 19.1 Å². The van der Waals surface area contributed by atoms with E-state index in [1.54, 1.807) is 30.5 Å². The Morgan fingerprint density at radius 2 is 1.65 bits per heavy atom. The Hall–Kier alpha value is -3.53. The number of ether oxygens (including phenoxy) is 2. The number of nitriles is 1. The molecule has 48 heavy (non-hydrogen) atoms. The van der Waals surface area contributed by atoms with Gasteiger partial charge in [-0.05, 0) is 135 Å². The molecule has 1 aromatic heterocycles. The Balaban J connectivity index is 1.25. The summed E-state index contributed by atoms with van der Waals surface area (Å²) in [4.78, 5) is 36.3. The van der Waals surface area contributed by atoms with Crippen LogP contribution in [-0.2, 0) is 26.2 Å². The third-order valence-corrected chi connectivity index (χ3v) is 15.1. The molecule has 7 nitrogen and oxygen atoms in total. The number of allylic oxidation sites excluding steroid dienone is 1. The van der Waals surface area contributed by atoms with Crippen LogP contribution in [0, 0.1) is 62.6 Å². The number of carbonyl (C=O) groups is 2. The minimum atomic E-state index is -0.534. The Bertz CT molecular complexity index is 1700. The van der Waals surface area contributed by atoms with Gasteiger partial charge in [0.15, 0.2) is 0 Å². The number of fused-ring (bicyclic) bond motifs is 8. The van der Waals surface area contributed by atoms with Gasteiger partial charge in [-0.25, -0.2) is 0 Å². The summed E-state index contributed by atoms with van der Waals surface area (Å²) in [6, 6.07) is 9.07. The standard InChI is InChI=1S/C41H51N3O4/c1-25(2)29-14-17-41(36(46)48-28-10-8-27(23-42)9-11-28)19-18-39(6)30(34(29)41)12-13-33-37(4)22-31-35(44-21-20-43-31)38(5,24-47-26(3)45)32(37)15-16-40(33,39)7/h8-11,20-21,29-30,32-34H,1,12-19,22,24H2,2-7H3/t29-,30+,32+,33+,34+,37-,38-,39+,40+,41-/m0/s1. The Morgan fingerprint density at radius 1 is 0.917 bits per heavy atom. The lowest BCUT2D eigenvalue weighted by Gasteiger charge is -2.72. The lowest BCUT2D eigenvalue weighted by atomic mass is 9.32. The molecule has 0 amide bonds. The minimum Gasteiger partial charge on any atom is -0.465 e. The highest BCUT2D eigenvalue weighted by Crippen LogP contribution is 2.77. The molecule has 0 saturated heterocycles. The van der Waals surface area contributed by atoms with Crippen LogP contribution in [-0.4, -0.2) is 28.5 Å². The first-order valence-electron chi connectivity index (χ1n) is 18.1. The molecule has 5 aliphatic rings. The Kier molecular flexibility index (Phi) is 7.73. The van der Waals surface area contributed by atoms with Crippen LogP contribution in [0.1, 0.15) is 110 Å². The average molecular weight is 650 g/mol. The van der Waals surface area contributed by atoms with E-state index in [-0.39, 0.29) is 34.1 Å². The maximum atomic E-state index is 14.4. The molecule has 0 radical (unpaired) electrons. The van der Waals surface area contributed by atoms with Crippen LogP contribution in [0.3, 0.4) is 0 Å². The van der Waals surface area contributed by atoms with Gasteiger partial charge >= 0.3 is 11.9 Å². The molecule has 4 fully saturated rings. The van der Waals surface area contributed by atoms with E-state index in [1.807, 2.05) is 6.20 Å². The molecule has 7 heteroatoms. The van der Waals surface area contributed by atoms with Gasteiger partial charge in [0.1, 0.15) is 12.4 Å². The third-order valence-electron chi connectivity index (χ3n) is 15.1. The fraction of sp³-hybridized carbons (Fsp3) is 0.634. The first kappa shape index (κ1) is 33.0. The molecule has 7 rings (SSSR count). The SMILES string of the molecule is C=C(C)[C@@H]1CC[C@]2(C(=O)Oc3ccc(C#N)cc3)CC[C@]3(C)[C@H](CC[C@@H]4[C@@]5(C)Cc6nccnc6[C@@](C)(COC(C)=O)[C@@H]5CC[C@]43C)[C@@H]12. The second-order valence-electron chi connectivity index (χ2n) is 17.1. The largest absolute Gasteiger partial charge is 0.465 e. The second kappa shape index (κ2) is 11.3. The molecular weight excluding hydrogens is 598 g/mol. The van der Waals surface area contributed by atoms with Crippen molar-refractivity contribution in [1.29, 1.82) is 5.26 Å². The van der Waals surface area contributed by atoms with Gasteiger partial charge in [-0.3, -0.25) is 19.6 Å². The molecule has 1 heterocycles. The average Bonchev–Trinajstić information content (AvgIpc) is 3.46. The van der Waals surface area contributed by atoms with Crippen LogP contribution >= 0.6 is 0 Å². The van der Waals surface area contributed by atoms with Gasteiger partial charge in [0, 0.05) is 24.7 Å². The summed E-state index contributed by atoms with van der Waals surface area (Å²) in [5.41, 5.74) is 2.91. The molecule has 0 N–H and O–H groups in total. The number of benzene rings is 1. The van der Waals surface area contributed by atoms with Crippen molar-refractivity contribution in [1.82, 2.24) is 9.97 Å². The molecule has 5 aliphatic carbocycles. The molecule has 254 valence electrons. The number of aromatic nitrogens is 2. The summed E-state index contributed by atoms with van der Waals surface area (Å²) in [6.07, 6.45) is 12.4. The molecular formula is C41H51N3O4. The number of esters is 2. The van der Waals surface area contributed by atoms with E-state index in [0.717, 1.165) is 69.2 Å². The zero-order chi connectivity index (χ0) is 34.3. The van der Waals surface area contributed by atoms with Crippen LogP contribution in [0.4, 0.5) is 0 Å². The monoisotopic (exact) mass is 649 g/mol. The summed E-state index contributed by atoms with van der Waals surface area (Å²) in [6.45, 7) is 18.3. The van der Waals surface area contributed by atoms with Crippen LogP contribution in [0.15, 0.2) is 48.8 Å². The summed E-state index contributed by atoms with van der Waals surface area (Å²) >= 11 is 0. The molecule has 0 aliphatic heterocycles. The van der Waals surface area contributed by atoms with E-state index in [4.69, 9.17) is 19.4 Å². The Morgan fingerprint density at radius 3 is 2.33 bits per heavy atom. The van der Waals surface area contributed by atoms with Crippen molar-refractivity contribution in [2.75, 3.05) is 6.61 Å². The smallest absolute Gasteiger partial charge is 0.317 e. The van der Waals surface area contributed by atoms with Crippen LogP contribution in [0.5, 0.6) is 5.75 Å². The predicted octanol–water partition coefficient (Wildman–Crippen LogP) is 8.17. The molecule has 1 aromatic carbocycles. The van der Waals surface area contributed by atoms with Crippen molar-refractivity contribution in [3.63, 3.8) is 0 Å². The summed E-state index contributed by atoms with van der Waals surface area (Å²) in [7, 11) is 0. The van der Waals surface area contributed by atoms with Crippen molar-refractivity contribution in [3.8, 4) is 11.8 Å². The molecule has 0 spiro atoms. The minimum absolute atomic E-state index is 0.0363. The van der Waals surface area contributed by atoms with Crippen molar-refractivity contribution in [2.45, 2.75) is 105 Å². The van der Waals surface area contributed by atoms with Crippen LogP contribution < -0.4 is 4.74 Å². The molecule has 4 saturated carbocycles. The number of hydrogen-bond donors (Lipinski definition) is 0. The molecule has 0 bridgehead atoms. The fourth-order valence-electron chi connectivity index (χ4n) is 12.9. The van der Waals surface area contributed by atoms with Gasteiger partial charge in [0.05, 0.1) is 28.4 Å². The van der Waals surface area contributed by atoms with Gasteiger partial charge in [-0.1, -0.05) is 39.8 Å². The Labute approximate surface area is 285 Å². The highest BCUT2D eigenvalue weighted by molar-refractivity contribution is 5.80. The quantitative estimate of drug-likeness (QED) is 0.183. The summed E-state index contributed by atoms with van der Waals surface area (Å²) < 4.78 is 12.0. The first-order chi connectivity index (χ1) is 22.7. The van der Waals surface area contributed by atoms with E-state index in [2.05, 4.69) is 47.3 Å². The van der Waals surface area contributed by atoms with Gasteiger partial charge in [0.2, 0.25) is 0 Å². The predicted molar refractivity (Wildman–Crippen MR) is 182 cm³/mol. The third kappa shape index (κ3) is 4.50. The highest BCUT2D eigenvalue weighted by Gasteiger charge is 2.72. The van der Waals surface area contributed by atoms with Crippen molar-refractivity contribution in [3.05, 3.63) is 65.8 Å². The van der Waals surface area contributed by atoms with Crippen molar-refractivity contribution in [2.24, 2.45) is 51.2 Å². The van der Waals surface area contributed by atoms with E-state index in [1.165, 1.54) is 12.5 Å². The van der Waals surface area contributed by atoms with Gasteiger partial charge in [0.25, 0.3) is 0 Å². The van der Waals surface area contributed by atoms with Gasteiger partial charge < -0.3 is 9.47 Å². The maximum absolute atomic E-state index is 14.4. The molecule has 2 aromatic rings. The lowest BCUT2D eigenvalue weighted by molar-refractivity contribution is -0.230. The second-order valence-corrected chi connectivity index (χ2v) is 17.1. The van der Waals surface area contributed by atoms with Crippen molar-refractivity contribution >= 4 is 11.9 Å². The fourth-order valence-corrected chi connectivity index (χ4v) is 12.9.